The molecule has 1 aromatic rings. The van der Waals surface area contributed by atoms with E-state index < -0.39 is 6.61 Å². The summed E-state index contributed by atoms with van der Waals surface area (Å²) in [4.78, 5) is 27.4. The van der Waals surface area contributed by atoms with E-state index in [4.69, 9.17) is 0 Å². The molecule has 2 rings (SSSR count). The SMILES string of the molecule is CCNC(=O)N1CCN(C(=O)Cc2ccc(OC(F)F)cc2)CC1. The van der Waals surface area contributed by atoms with Gasteiger partial charge in [-0.1, -0.05) is 12.1 Å². The molecule has 0 spiro atoms. The minimum Gasteiger partial charge on any atom is -0.435 e. The van der Waals surface area contributed by atoms with Crippen LogP contribution in [0.5, 0.6) is 5.75 Å². The van der Waals surface area contributed by atoms with E-state index in [0.29, 0.717) is 32.7 Å². The van der Waals surface area contributed by atoms with E-state index in [0.717, 1.165) is 5.56 Å². The minimum atomic E-state index is -2.86. The van der Waals surface area contributed by atoms with Gasteiger partial charge < -0.3 is 19.9 Å². The minimum absolute atomic E-state index is 0.0481. The maximum Gasteiger partial charge on any atom is 0.387 e. The van der Waals surface area contributed by atoms with Crippen LogP contribution in [0, 0.1) is 0 Å². The summed E-state index contributed by atoms with van der Waals surface area (Å²) in [6.07, 6.45) is 0.191. The van der Waals surface area contributed by atoms with E-state index in [9.17, 15) is 18.4 Å². The molecule has 132 valence electrons. The highest BCUT2D eigenvalue weighted by atomic mass is 19.3. The van der Waals surface area contributed by atoms with Gasteiger partial charge in [-0.15, -0.1) is 0 Å². The van der Waals surface area contributed by atoms with Crippen molar-refractivity contribution < 1.29 is 23.1 Å². The van der Waals surface area contributed by atoms with Crippen LogP contribution in [0.1, 0.15) is 12.5 Å². The van der Waals surface area contributed by atoms with E-state index in [-0.39, 0.29) is 24.1 Å². The number of halogens is 2. The zero-order chi connectivity index (χ0) is 17.5. The number of piperazine rings is 1. The number of urea groups is 1. The van der Waals surface area contributed by atoms with Gasteiger partial charge in [-0.3, -0.25) is 4.79 Å². The van der Waals surface area contributed by atoms with Crippen molar-refractivity contribution in [1.29, 1.82) is 0 Å². The Bertz CT molecular complexity index is 558. The molecule has 0 aliphatic carbocycles. The van der Waals surface area contributed by atoms with Crippen molar-refractivity contribution in [2.45, 2.75) is 20.0 Å². The van der Waals surface area contributed by atoms with Crippen molar-refractivity contribution in [3.63, 3.8) is 0 Å². The molecule has 0 unspecified atom stereocenters. The molecular weight excluding hydrogens is 320 g/mol. The van der Waals surface area contributed by atoms with Gasteiger partial charge in [-0.2, -0.15) is 8.78 Å². The average molecular weight is 341 g/mol. The second kappa shape index (κ2) is 8.47. The molecule has 0 bridgehead atoms. The fourth-order valence-electron chi connectivity index (χ4n) is 2.50. The number of alkyl halides is 2. The molecule has 1 N–H and O–H groups in total. The summed E-state index contributed by atoms with van der Waals surface area (Å²) in [6, 6.07) is 5.92. The molecule has 1 aromatic carbocycles. The summed E-state index contributed by atoms with van der Waals surface area (Å²) in [6.45, 7) is 1.54. The number of nitrogens with zero attached hydrogens (tertiary/aromatic N) is 2. The van der Waals surface area contributed by atoms with Crippen molar-refractivity contribution >= 4 is 11.9 Å². The molecule has 1 fully saturated rings. The lowest BCUT2D eigenvalue weighted by atomic mass is 10.1. The first-order valence-electron chi connectivity index (χ1n) is 7.84. The van der Waals surface area contributed by atoms with Gasteiger partial charge in [0.1, 0.15) is 5.75 Å². The van der Waals surface area contributed by atoms with Crippen LogP contribution in [0.25, 0.3) is 0 Å². The largest absolute Gasteiger partial charge is 0.435 e. The van der Waals surface area contributed by atoms with Gasteiger partial charge in [0.2, 0.25) is 5.91 Å². The molecule has 1 aliphatic heterocycles. The highest BCUT2D eigenvalue weighted by molar-refractivity contribution is 5.79. The number of carbonyl (C=O) groups is 2. The summed E-state index contributed by atoms with van der Waals surface area (Å²) >= 11 is 0. The lowest BCUT2D eigenvalue weighted by Crippen LogP contribution is -2.53. The standard InChI is InChI=1S/C16H21F2N3O3/c1-2-19-16(23)21-9-7-20(8-10-21)14(22)11-12-3-5-13(6-4-12)24-15(17)18/h3-6,15H,2,7-11H2,1H3,(H,19,23). The van der Waals surface area contributed by atoms with Gasteiger partial charge in [0, 0.05) is 32.7 Å². The Balaban J connectivity index is 1.82. The normalized spacial score (nSPS) is 14.7. The summed E-state index contributed by atoms with van der Waals surface area (Å²) in [7, 11) is 0. The van der Waals surface area contributed by atoms with Crippen LogP contribution in [-0.2, 0) is 11.2 Å². The van der Waals surface area contributed by atoms with Gasteiger partial charge in [-0.05, 0) is 24.6 Å². The second-order valence-corrected chi connectivity index (χ2v) is 5.40. The first-order valence-corrected chi connectivity index (χ1v) is 7.84. The van der Waals surface area contributed by atoms with Gasteiger partial charge in [0.25, 0.3) is 0 Å². The highest BCUT2D eigenvalue weighted by Crippen LogP contribution is 2.16. The number of hydrogen-bond donors (Lipinski definition) is 1. The molecule has 0 saturated carbocycles. The van der Waals surface area contributed by atoms with Crippen LogP contribution in [0.4, 0.5) is 13.6 Å². The Hall–Kier alpha value is -2.38. The fourth-order valence-corrected chi connectivity index (χ4v) is 2.50. The maximum atomic E-state index is 12.3. The predicted molar refractivity (Wildman–Crippen MR) is 84.0 cm³/mol. The van der Waals surface area contributed by atoms with Crippen LogP contribution in [-0.4, -0.2) is 61.1 Å². The van der Waals surface area contributed by atoms with Crippen molar-refractivity contribution in [3.8, 4) is 5.75 Å². The Morgan fingerprint density at radius 2 is 1.71 bits per heavy atom. The lowest BCUT2D eigenvalue weighted by Gasteiger charge is -2.34. The molecule has 0 radical (unpaired) electrons. The number of nitrogens with one attached hydrogen (secondary N) is 1. The summed E-state index contributed by atoms with van der Waals surface area (Å²) in [5, 5.41) is 2.74. The number of rotatable bonds is 5. The first-order chi connectivity index (χ1) is 11.5. The van der Waals surface area contributed by atoms with E-state index in [1.165, 1.54) is 12.1 Å². The zero-order valence-electron chi connectivity index (χ0n) is 13.5. The Labute approximate surface area is 139 Å². The second-order valence-electron chi connectivity index (χ2n) is 5.40. The molecule has 1 heterocycles. The third kappa shape index (κ3) is 5.07. The topological polar surface area (TPSA) is 61.9 Å². The number of amides is 3. The molecular formula is C16H21F2N3O3. The van der Waals surface area contributed by atoms with Gasteiger partial charge in [0.05, 0.1) is 6.42 Å². The van der Waals surface area contributed by atoms with Crippen LogP contribution >= 0.6 is 0 Å². The molecule has 1 aliphatic rings. The summed E-state index contributed by atoms with van der Waals surface area (Å²) in [5.74, 6) is 0.0184. The molecule has 1 saturated heterocycles. The van der Waals surface area contributed by atoms with E-state index in [2.05, 4.69) is 10.1 Å². The van der Waals surface area contributed by atoms with Crippen LogP contribution in [0.3, 0.4) is 0 Å². The Morgan fingerprint density at radius 3 is 2.25 bits per heavy atom. The quantitative estimate of drug-likeness (QED) is 0.887. The first kappa shape index (κ1) is 18.0. The summed E-state index contributed by atoms with van der Waals surface area (Å²) < 4.78 is 28.5. The number of hydrogen-bond acceptors (Lipinski definition) is 3. The zero-order valence-corrected chi connectivity index (χ0v) is 13.5. The fraction of sp³-hybridized carbons (Fsp3) is 0.500. The van der Waals surface area contributed by atoms with Crippen LogP contribution in [0.15, 0.2) is 24.3 Å². The van der Waals surface area contributed by atoms with Gasteiger partial charge in [-0.25, -0.2) is 4.79 Å². The van der Waals surface area contributed by atoms with Crippen LogP contribution < -0.4 is 10.1 Å². The third-order valence-electron chi connectivity index (χ3n) is 3.75. The highest BCUT2D eigenvalue weighted by Gasteiger charge is 2.23. The Kier molecular flexibility index (Phi) is 6.34. The molecule has 24 heavy (non-hydrogen) atoms. The average Bonchev–Trinajstić information content (AvgIpc) is 2.56. The number of benzene rings is 1. The van der Waals surface area contributed by atoms with Crippen molar-refractivity contribution in [2.24, 2.45) is 0 Å². The molecule has 0 atom stereocenters. The molecule has 6 nitrogen and oxygen atoms in total. The van der Waals surface area contributed by atoms with Gasteiger partial charge in [0.15, 0.2) is 0 Å². The Morgan fingerprint density at radius 1 is 1.12 bits per heavy atom. The molecule has 8 heteroatoms. The summed E-state index contributed by atoms with van der Waals surface area (Å²) in [5.41, 5.74) is 0.729. The van der Waals surface area contributed by atoms with E-state index in [1.807, 2.05) is 6.92 Å². The van der Waals surface area contributed by atoms with E-state index in [1.54, 1.807) is 21.9 Å². The molecule has 3 amide bonds. The number of ether oxygens (including phenoxy) is 1. The monoisotopic (exact) mass is 341 g/mol. The van der Waals surface area contributed by atoms with E-state index >= 15 is 0 Å². The smallest absolute Gasteiger partial charge is 0.387 e. The lowest BCUT2D eigenvalue weighted by molar-refractivity contribution is -0.131. The third-order valence-corrected chi connectivity index (χ3v) is 3.75. The van der Waals surface area contributed by atoms with Crippen molar-refractivity contribution in [2.75, 3.05) is 32.7 Å². The van der Waals surface area contributed by atoms with Crippen molar-refractivity contribution in [3.05, 3.63) is 29.8 Å². The maximum absolute atomic E-state index is 12.3. The number of carbonyl (C=O) groups excluding carboxylic acids is 2. The van der Waals surface area contributed by atoms with Crippen LogP contribution in [0.2, 0.25) is 0 Å². The molecule has 0 aromatic heterocycles. The van der Waals surface area contributed by atoms with Gasteiger partial charge >= 0.3 is 12.6 Å². The predicted octanol–water partition coefficient (Wildman–Crippen LogP) is 1.70. The van der Waals surface area contributed by atoms with Crippen molar-refractivity contribution in [1.82, 2.24) is 15.1 Å².